The number of nitrogens with zero attached hydrogens (tertiary/aromatic N) is 3. The van der Waals surface area contributed by atoms with Crippen molar-refractivity contribution in [3.8, 4) is 0 Å². The van der Waals surface area contributed by atoms with E-state index in [1.54, 1.807) is 12.1 Å². The van der Waals surface area contributed by atoms with E-state index in [1.165, 1.54) is 11.0 Å². The van der Waals surface area contributed by atoms with Crippen molar-refractivity contribution in [3.63, 3.8) is 0 Å². The number of benzene rings is 2. The predicted octanol–water partition coefficient (Wildman–Crippen LogP) is 8.53. The summed E-state index contributed by atoms with van der Waals surface area (Å²) in [5.74, 6) is -0.0955. The van der Waals surface area contributed by atoms with Crippen molar-refractivity contribution in [2.75, 3.05) is 29.9 Å². The van der Waals surface area contributed by atoms with Gasteiger partial charge in [-0.3, -0.25) is 14.5 Å². The summed E-state index contributed by atoms with van der Waals surface area (Å²) in [7, 11) is 1.98. The lowest BCUT2D eigenvalue weighted by atomic mass is 9.83. The number of anilines is 2. The van der Waals surface area contributed by atoms with Crippen LogP contribution in [0.2, 0.25) is 0 Å². The molecule has 0 atom stereocenters. The van der Waals surface area contributed by atoms with Gasteiger partial charge in [0.1, 0.15) is 4.32 Å². The lowest BCUT2D eigenvalue weighted by molar-refractivity contribution is -0.137. The van der Waals surface area contributed by atoms with Crippen LogP contribution in [0.4, 0.5) is 24.5 Å². The van der Waals surface area contributed by atoms with E-state index < -0.39 is 17.2 Å². The molecule has 2 aromatic carbocycles. The van der Waals surface area contributed by atoms with E-state index in [2.05, 4.69) is 44.1 Å². The monoisotopic (exact) mass is 667 g/mol. The van der Waals surface area contributed by atoms with E-state index in [9.17, 15) is 22.8 Å². The maximum atomic E-state index is 13.6. The molecule has 0 N–H and O–H groups in total. The van der Waals surface area contributed by atoms with Crippen LogP contribution in [0.15, 0.2) is 71.4 Å². The third kappa shape index (κ3) is 6.06. The average Bonchev–Trinajstić information content (AvgIpc) is 3.42. The lowest BCUT2D eigenvalue weighted by Gasteiger charge is -2.27. The van der Waals surface area contributed by atoms with Gasteiger partial charge in [0.15, 0.2) is 5.78 Å². The molecule has 0 aliphatic carbocycles. The maximum Gasteiger partial charge on any atom is 0.416 e. The summed E-state index contributed by atoms with van der Waals surface area (Å²) in [6.45, 7) is 16.9. The lowest BCUT2D eigenvalue weighted by Crippen LogP contribution is -2.34. The number of Topliss-reactive ketones (excluding diaryl/α,β-unsaturated/α-hetero) is 1. The minimum atomic E-state index is -4.45. The Kier molecular flexibility index (Phi) is 8.87. The zero-order valence-electron chi connectivity index (χ0n) is 27.3. The summed E-state index contributed by atoms with van der Waals surface area (Å²) in [6, 6.07) is 9.89. The molecule has 0 saturated carbocycles. The molecule has 0 radical (unpaired) electrons. The molecule has 0 unspecified atom stereocenters. The van der Waals surface area contributed by atoms with Gasteiger partial charge in [-0.2, -0.15) is 13.2 Å². The fourth-order valence-corrected chi connectivity index (χ4v) is 7.65. The second kappa shape index (κ2) is 12.0. The third-order valence-corrected chi connectivity index (χ3v) is 10.8. The van der Waals surface area contributed by atoms with E-state index >= 15 is 0 Å². The Hall–Kier alpha value is -3.37. The zero-order chi connectivity index (χ0) is 33.9. The van der Waals surface area contributed by atoms with Gasteiger partial charge in [-0.05, 0) is 65.4 Å². The SMILES string of the molecule is C=C1N(C)c2ccc(CC(=O)CN3C(=O)/C(=C\C=C4/N(CCC(C)C)c5ccc(C(F)(F)F)cc5C4(C)C)SC3=S)cc2C1(C)C. The van der Waals surface area contributed by atoms with Gasteiger partial charge in [-0.1, -0.05) is 84.2 Å². The van der Waals surface area contributed by atoms with E-state index in [0.29, 0.717) is 27.3 Å². The van der Waals surface area contributed by atoms with Gasteiger partial charge in [-0.25, -0.2) is 0 Å². The van der Waals surface area contributed by atoms with E-state index in [-0.39, 0.29) is 30.1 Å². The first-order valence-corrected chi connectivity index (χ1v) is 16.6. The molecule has 10 heteroatoms. The number of thiocarbonyl (C=S) groups is 1. The van der Waals surface area contributed by atoms with Crippen LogP contribution < -0.4 is 9.80 Å². The molecule has 2 aromatic rings. The Morgan fingerprint density at radius 2 is 1.65 bits per heavy atom. The molecule has 3 heterocycles. The summed E-state index contributed by atoms with van der Waals surface area (Å²) in [5, 5.41) is 0. The Labute approximate surface area is 279 Å². The topological polar surface area (TPSA) is 43.9 Å². The van der Waals surface area contributed by atoms with Crippen LogP contribution in [0.25, 0.3) is 0 Å². The van der Waals surface area contributed by atoms with Crippen molar-refractivity contribution in [1.82, 2.24) is 4.90 Å². The third-order valence-electron chi connectivity index (χ3n) is 9.37. The van der Waals surface area contributed by atoms with Crippen molar-refractivity contribution >= 4 is 51.4 Å². The fraction of sp³-hybridized carbons (Fsp3) is 0.417. The van der Waals surface area contributed by atoms with Gasteiger partial charge in [0, 0.05) is 53.6 Å². The molecule has 0 bridgehead atoms. The molecule has 46 heavy (non-hydrogen) atoms. The number of likely N-dealkylation sites (N-methyl/N-ethyl adjacent to an activating group) is 1. The van der Waals surface area contributed by atoms with Gasteiger partial charge >= 0.3 is 6.18 Å². The number of halogens is 3. The number of ketones is 1. The molecule has 0 aromatic heterocycles. The zero-order valence-corrected chi connectivity index (χ0v) is 29.0. The number of rotatable bonds is 8. The molecule has 5 nitrogen and oxygen atoms in total. The molecule has 3 aliphatic heterocycles. The molecule has 1 amide bonds. The summed E-state index contributed by atoms with van der Waals surface area (Å²) in [4.78, 5) is 32.5. The van der Waals surface area contributed by atoms with Crippen molar-refractivity contribution < 1.29 is 22.8 Å². The second-order valence-electron chi connectivity index (χ2n) is 13.7. The molecule has 244 valence electrons. The van der Waals surface area contributed by atoms with Gasteiger partial charge in [0.2, 0.25) is 0 Å². The second-order valence-corrected chi connectivity index (χ2v) is 15.4. The Morgan fingerprint density at radius 3 is 2.30 bits per heavy atom. The predicted molar refractivity (Wildman–Crippen MR) is 185 cm³/mol. The van der Waals surface area contributed by atoms with Crippen LogP contribution >= 0.6 is 24.0 Å². The highest BCUT2D eigenvalue weighted by Crippen LogP contribution is 2.50. The molecular weight excluding hydrogens is 628 g/mol. The average molecular weight is 668 g/mol. The highest BCUT2D eigenvalue weighted by atomic mass is 32.2. The number of amides is 1. The van der Waals surface area contributed by atoms with E-state index in [0.717, 1.165) is 58.1 Å². The summed E-state index contributed by atoms with van der Waals surface area (Å²) >= 11 is 6.64. The maximum absolute atomic E-state index is 13.6. The van der Waals surface area contributed by atoms with Gasteiger partial charge in [-0.15, -0.1) is 0 Å². The van der Waals surface area contributed by atoms with Crippen molar-refractivity contribution in [3.05, 3.63) is 93.7 Å². The first kappa shape index (κ1) is 34.0. The van der Waals surface area contributed by atoms with E-state index in [1.807, 2.05) is 45.2 Å². The van der Waals surface area contributed by atoms with Gasteiger partial charge in [0.05, 0.1) is 17.0 Å². The molecule has 0 spiro atoms. The molecule has 1 saturated heterocycles. The van der Waals surface area contributed by atoms with Crippen molar-refractivity contribution in [2.45, 2.75) is 71.4 Å². The van der Waals surface area contributed by atoms with E-state index in [4.69, 9.17) is 12.2 Å². The normalized spacial score (nSPS) is 20.5. The molecular formula is C36H40F3N3O2S2. The molecule has 1 fully saturated rings. The Morgan fingerprint density at radius 1 is 1.00 bits per heavy atom. The minimum absolute atomic E-state index is 0.133. The van der Waals surface area contributed by atoms with Crippen LogP contribution in [0.3, 0.4) is 0 Å². The van der Waals surface area contributed by atoms with Crippen LogP contribution in [0, 0.1) is 5.92 Å². The van der Waals surface area contributed by atoms with Crippen LogP contribution in [-0.2, 0) is 33.0 Å². The number of carbonyl (C=O) groups is 2. The number of hydrogen-bond donors (Lipinski definition) is 0. The quantitative estimate of drug-likeness (QED) is 0.208. The largest absolute Gasteiger partial charge is 0.416 e. The number of alkyl halides is 3. The van der Waals surface area contributed by atoms with Gasteiger partial charge in [0.25, 0.3) is 5.91 Å². The Balaban J connectivity index is 1.36. The number of allylic oxidation sites excluding steroid dienone is 4. The standard InChI is InChI=1S/C36H40F3N3O2S2/c1-21(2)15-16-41-29-12-10-24(36(37,38)39)19-27(29)35(6,7)31(41)14-13-30-32(44)42(33(45)46-30)20-25(43)17-23-9-11-28-26(18-23)34(4,5)22(3)40(28)8/h9-14,18-19,21H,3,15-17,20H2,1-2,4-8H3/b30-13+,31-14-. The minimum Gasteiger partial charge on any atom is -0.348 e. The number of carbonyl (C=O) groups excluding carboxylic acids is 2. The number of fused-ring (bicyclic) bond motifs is 2. The van der Waals surface area contributed by atoms with Crippen LogP contribution in [0.1, 0.15) is 70.2 Å². The summed E-state index contributed by atoms with van der Waals surface area (Å²) in [5.41, 5.74) is 4.50. The smallest absolute Gasteiger partial charge is 0.348 e. The van der Waals surface area contributed by atoms with Crippen molar-refractivity contribution in [1.29, 1.82) is 0 Å². The molecule has 5 rings (SSSR count). The number of hydrogen-bond acceptors (Lipinski definition) is 6. The van der Waals surface area contributed by atoms with Gasteiger partial charge < -0.3 is 9.80 Å². The molecule has 3 aliphatic rings. The summed E-state index contributed by atoms with van der Waals surface area (Å²) in [6.07, 6.45) is 0.0571. The number of thioether (sulfide) groups is 1. The summed E-state index contributed by atoms with van der Waals surface area (Å²) < 4.78 is 41.2. The van der Waals surface area contributed by atoms with Crippen LogP contribution in [0.5, 0.6) is 0 Å². The van der Waals surface area contributed by atoms with Crippen LogP contribution in [-0.4, -0.2) is 41.0 Å². The van der Waals surface area contributed by atoms with Crippen molar-refractivity contribution in [2.24, 2.45) is 5.92 Å². The fourth-order valence-electron chi connectivity index (χ4n) is 6.45. The Bertz CT molecular complexity index is 1700. The highest BCUT2D eigenvalue weighted by Gasteiger charge is 2.43. The first-order valence-electron chi connectivity index (χ1n) is 15.4. The highest BCUT2D eigenvalue weighted by molar-refractivity contribution is 8.26. The first-order chi connectivity index (χ1) is 21.3.